The first-order valence-electron chi connectivity index (χ1n) is 7.12. The van der Waals surface area contributed by atoms with Gasteiger partial charge in [-0.25, -0.2) is 0 Å². The lowest BCUT2D eigenvalue weighted by atomic mass is 10.0. The maximum Gasteiger partial charge on any atom is 0.205 e. The van der Waals surface area contributed by atoms with Gasteiger partial charge in [-0.15, -0.1) is 0 Å². The van der Waals surface area contributed by atoms with E-state index in [1.54, 1.807) is 0 Å². The maximum absolute atomic E-state index is 4.73. The fourth-order valence-electron chi connectivity index (χ4n) is 3.43. The van der Waals surface area contributed by atoms with Crippen molar-refractivity contribution in [3.63, 3.8) is 0 Å². The average molecular weight is 286 g/mol. The third-order valence-electron chi connectivity index (χ3n) is 4.39. The van der Waals surface area contributed by atoms with Crippen LogP contribution < -0.4 is 4.90 Å². The summed E-state index contributed by atoms with van der Waals surface area (Å²) in [6.07, 6.45) is 0. The number of hydrogen-bond acceptors (Lipinski definition) is 5. The zero-order valence-corrected chi connectivity index (χ0v) is 12.4. The summed E-state index contributed by atoms with van der Waals surface area (Å²) in [6.45, 7) is 4.73. The molecule has 0 spiro atoms. The molecule has 20 heavy (non-hydrogen) atoms. The molecule has 2 saturated heterocycles. The summed E-state index contributed by atoms with van der Waals surface area (Å²) in [5.41, 5.74) is 1.11. The molecule has 0 N–H and O–H groups in total. The SMILES string of the molecule is CN1CC2CN(c3nc(-c4ccccc4)ns3)CC2C1. The van der Waals surface area contributed by atoms with Crippen LogP contribution in [0.1, 0.15) is 0 Å². The molecular weight excluding hydrogens is 268 g/mol. The van der Waals surface area contributed by atoms with E-state index in [-0.39, 0.29) is 0 Å². The minimum Gasteiger partial charge on any atom is -0.346 e. The molecule has 2 atom stereocenters. The van der Waals surface area contributed by atoms with E-state index in [1.807, 2.05) is 18.2 Å². The molecule has 104 valence electrons. The van der Waals surface area contributed by atoms with Crippen molar-refractivity contribution in [2.45, 2.75) is 0 Å². The normalized spacial score (nSPS) is 26.1. The molecule has 2 aliphatic heterocycles. The number of hydrogen-bond donors (Lipinski definition) is 0. The van der Waals surface area contributed by atoms with Crippen LogP contribution in [0.15, 0.2) is 30.3 Å². The molecular formula is C15H18N4S. The van der Waals surface area contributed by atoms with E-state index in [2.05, 4.69) is 33.4 Å². The largest absolute Gasteiger partial charge is 0.346 e. The molecule has 0 bridgehead atoms. The van der Waals surface area contributed by atoms with Crippen molar-refractivity contribution in [2.24, 2.45) is 11.8 Å². The number of likely N-dealkylation sites (tertiary alicyclic amines) is 1. The number of rotatable bonds is 2. The third kappa shape index (κ3) is 2.11. The van der Waals surface area contributed by atoms with E-state index in [1.165, 1.54) is 24.6 Å². The Hall–Kier alpha value is -1.46. The van der Waals surface area contributed by atoms with E-state index >= 15 is 0 Å². The van der Waals surface area contributed by atoms with Crippen molar-refractivity contribution in [2.75, 3.05) is 38.1 Å². The monoisotopic (exact) mass is 286 g/mol. The molecule has 1 aromatic heterocycles. The van der Waals surface area contributed by atoms with Gasteiger partial charge < -0.3 is 9.80 Å². The molecule has 0 radical (unpaired) electrons. The van der Waals surface area contributed by atoms with Crippen LogP contribution in [-0.2, 0) is 0 Å². The summed E-state index contributed by atoms with van der Waals surface area (Å²) >= 11 is 1.53. The first-order chi connectivity index (χ1) is 9.79. The van der Waals surface area contributed by atoms with Gasteiger partial charge in [-0.2, -0.15) is 9.36 Å². The van der Waals surface area contributed by atoms with Crippen LogP contribution in [0, 0.1) is 11.8 Å². The molecule has 2 unspecified atom stereocenters. The van der Waals surface area contributed by atoms with Gasteiger partial charge in [-0.3, -0.25) is 0 Å². The second kappa shape index (κ2) is 4.82. The minimum absolute atomic E-state index is 0.809. The first-order valence-corrected chi connectivity index (χ1v) is 7.89. The van der Waals surface area contributed by atoms with Crippen LogP contribution >= 0.6 is 11.5 Å². The standard InChI is InChI=1S/C15H18N4S/c1-18-7-12-9-19(10-13(12)8-18)15-16-14(17-20-15)11-5-3-2-4-6-11/h2-6,12-13H,7-10H2,1H3. The highest BCUT2D eigenvalue weighted by Gasteiger charge is 2.39. The van der Waals surface area contributed by atoms with Crippen LogP contribution in [0.2, 0.25) is 0 Å². The smallest absolute Gasteiger partial charge is 0.205 e. The molecule has 4 rings (SSSR count). The van der Waals surface area contributed by atoms with Gasteiger partial charge in [0, 0.05) is 43.3 Å². The highest BCUT2D eigenvalue weighted by molar-refractivity contribution is 7.09. The number of nitrogens with zero attached hydrogens (tertiary/aromatic N) is 4. The summed E-state index contributed by atoms with van der Waals surface area (Å²) < 4.78 is 4.52. The molecule has 2 aliphatic rings. The van der Waals surface area contributed by atoms with E-state index in [4.69, 9.17) is 4.98 Å². The molecule has 1 aromatic carbocycles. The van der Waals surface area contributed by atoms with E-state index in [0.717, 1.165) is 41.4 Å². The Labute approximate surface area is 123 Å². The van der Waals surface area contributed by atoms with Crippen molar-refractivity contribution in [1.82, 2.24) is 14.3 Å². The van der Waals surface area contributed by atoms with Gasteiger partial charge in [0.05, 0.1) is 0 Å². The number of anilines is 1. The molecule has 3 heterocycles. The Morgan fingerprint density at radius 2 is 1.75 bits per heavy atom. The van der Waals surface area contributed by atoms with Gasteiger partial charge in [0.15, 0.2) is 5.82 Å². The quantitative estimate of drug-likeness (QED) is 0.847. The zero-order chi connectivity index (χ0) is 13.5. The summed E-state index contributed by atoms with van der Waals surface area (Å²) in [5.74, 6) is 2.48. The third-order valence-corrected chi connectivity index (χ3v) is 5.16. The van der Waals surface area contributed by atoms with Crippen molar-refractivity contribution in [3.05, 3.63) is 30.3 Å². The second-order valence-electron chi connectivity index (χ2n) is 5.91. The lowest BCUT2D eigenvalue weighted by molar-refractivity contribution is 0.387. The van der Waals surface area contributed by atoms with Crippen molar-refractivity contribution in [1.29, 1.82) is 0 Å². The van der Waals surface area contributed by atoms with Crippen LogP contribution in [0.5, 0.6) is 0 Å². The second-order valence-corrected chi connectivity index (χ2v) is 6.64. The molecule has 2 aromatic rings. The summed E-state index contributed by atoms with van der Waals surface area (Å²) in [7, 11) is 2.22. The van der Waals surface area contributed by atoms with Crippen LogP contribution in [0.25, 0.3) is 11.4 Å². The van der Waals surface area contributed by atoms with E-state index in [9.17, 15) is 0 Å². The number of aromatic nitrogens is 2. The Bertz CT molecular complexity index is 583. The fourth-order valence-corrected chi connectivity index (χ4v) is 4.14. The van der Waals surface area contributed by atoms with Gasteiger partial charge in [0.2, 0.25) is 5.13 Å². The lowest BCUT2D eigenvalue weighted by Gasteiger charge is -2.17. The topological polar surface area (TPSA) is 32.3 Å². The lowest BCUT2D eigenvalue weighted by Crippen LogP contribution is -2.26. The molecule has 0 saturated carbocycles. The summed E-state index contributed by atoms with van der Waals surface area (Å²) in [5, 5.41) is 1.08. The van der Waals surface area contributed by atoms with Crippen LogP contribution in [0.3, 0.4) is 0 Å². The Kier molecular flexibility index (Phi) is 2.97. The zero-order valence-electron chi connectivity index (χ0n) is 11.6. The van der Waals surface area contributed by atoms with Gasteiger partial charge in [-0.05, 0) is 18.9 Å². The van der Waals surface area contributed by atoms with E-state index < -0.39 is 0 Å². The highest BCUT2D eigenvalue weighted by Crippen LogP contribution is 2.34. The van der Waals surface area contributed by atoms with Crippen molar-refractivity contribution in [3.8, 4) is 11.4 Å². The molecule has 5 heteroatoms. The predicted molar refractivity (Wildman–Crippen MR) is 82.0 cm³/mol. The summed E-state index contributed by atoms with van der Waals surface area (Å²) in [4.78, 5) is 9.60. The Morgan fingerprint density at radius 3 is 2.45 bits per heavy atom. The van der Waals surface area contributed by atoms with Crippen molar-refractivity contribution >= 4 is 16.7 Å². The van der Waals surface area contributed by atoms with Crippen LogP contribution in [0.4, 0.5) is 5.13 Å². The van der Waals surface area contributed by atoms with Crippen molar-refractivity contribution < 1.29 is 0 Å². The maximum atomic E-state index is 4.73. The fraction of sp³-hybridized carbons (Fsp3) is 0.467. The Balaban J connectivity index is 1.52. The van der Waals surface area contributed by atoms with Gasteiger partial charge in [0.25, 0.3) is 0 Å². The van der Waals surface area contributed by atoms with Gasteiger partial charge >= 0.3 is 0 Å². The number of fused-ring (bicyclic) bond motifs is 1. The van der Waals surface area contributed by atoms with E-state index in [0.29, 0.717) is 0 Å². The molecule has 0 aliphatic carbocycles. The first kappa shape index (κ1) is 12.3. The van der Waals surface area contributed by atoms with Crippen LogP contribution in [-0.4, -0.2) is 47.5 Å². The predicted octanol–water partition coefficient (Wildman–Crippen LogP) is 2.20. The molecule has 0 amide bonds. The Morgan fingerprint density at radius 1 is 1.05 bits per heavy atom. The number of benzene rings is 1. The molecule has 2 fully saturated rings. The highest BCUT2D eigenvalue weighted by atomic mass is 32.1. The molecule has 4 nitrogen and oxygen atoms in total. The summed E-state index contributed by atoms with van der Waals surface area (Å²) in [6, 6.07) is 10.2. The minimum atomic E-state index is 0.809. The van der Waals surface area contributed by atoms with Gasteiger partial charge in [0.1, 0.15) is 0 Å². The average Bonchev–Trinajstić information content (AvgIpc) is 3.12. The van der Waals surface area contributed by atoms with Gasteiger partial charge in [-0.1, -0.05) is 30.3 Å².